The fourth-order valence-corrected chi connectivity index (χ4v) is 3.24. The van der Waals surface area contributed by atoms with E-state index in [0.29, 0.717) is 17.7 Å². The minimum absolute atomic E-state index is 0.0872. The molecular formula is C18H25FN8O. The first-order chi connectivity index (χ1) is 13.5. The van der Waals surface area contributed by atoms with Crippen molar-refractivity contribution in [3.63, 3.8) is 0 Å². The molecule has 1 heterocycles. The lowest BCUT2D eigenvalue weighted by atomic mass is 9.95. The van der Waals surface area contributed by atoms with Crippen LogP contribution in [0.3, 0.4) is 0 Å². The van der Waals surface area contributed by atoms with Crippen LogP contribution in [0.2, 0.25) is 0 Å². The zero-order valence-corrected chi connectivity index (χ0v) is 16.0. The number of nitrogens with one attached hydrogen (secondary N) is 1. The molecule has 0 atom stereocenters. The normalized spacial score (nSPS) is 14.4. The average Bonchev–Trinajstić information content (AvgIpc) is 2.67. The van der Waals surface area contributed by atoms with Gasteiger partial charge < -0.3 is 26.4 Å². The number of methoxy groups -OCH3 is 1. The Labute approximate surface area is 163 Å². The number of anilines is 3. The van der Waals surface area contributed by atoms with Crippen molar-refractivity contribution in [3.05, 3.63) is 24.0 Å². The van der Waals surface area contributed by atoms with Crippen LogP contribution in [0.1, 0.15) is 32.1 Å². The van der Waals surface area contributed by atoms with Crippen LogP contribution >= 0.6 is 0 Å². The van der Waals surface area contributed by atoms with Crippen molar-refractivity contribution < 1.29 is 9.13 Å². The number of aliphatic imine (C=N–C) groups is 1. The summed E-state index contributed by atoms with van der Waals surface area (Å²) in [6.07, 6.45) is 5.75. The molecule has 1 aromatic carbocycles. The monoisotopic (exact) mass is 388 g/mol. The van der Waals surface area contributed by atoms with Crippen LogP contribution in [0, 0.1) is 5.82 Å². The summed E-state index contributed by atoms with van der Waals surface area (Å²) < 4.78 is 18.9. The van der Waals surface area contributed by atoms with Gasteiger partial charge in [-0.15, -0.1) is 0 Å². The number of benzene rings is 1. The van der Waals surface area contributed by atoms with Gasteiger partial charge in [-0.2, -0.15) is 19.9 Å². The molecule has 3 rings (SSSR count). The maximum atomic E-state index is 14.0. The second-order valence-corrected chi connectivity index (χ2v) is 6.67. The third-order valence-corrected chi connectivity index (χ3v) is 4.69. The molecule has 0 radical (unpaired) electrons. The van der Waals surface area contributed by atoms with Crippen LogP contribution in [0.5, 0.6) is 5.75 Å². The number of halogens is 1. The van der Waals surface area contributed by atoms with Crippen LogP contribution < -0.4 is 26.4 Å². The topological polar surface area (TPSA) is 128 Å². The Morgan fingerprint density at radius 3 is 2.61 bits per heavy atom. The number of guanidine groups is 1. The number of nitrogens with two attached hydrogens (primary N) is 2. The highest BCUT2D eigenvalue weighted by Crippen LogP contribution is 2.27. The van der Waals surface area contributed by atoms with E-state index < -0.39 is 5.82 Å². The molecule has 2 aromatic rings. The summed E-state index contributed by atoms with van der Waals surface area (Å²) in [7, 11) is 3.35. The number of ether oxygens (including phenoxy) is 1. The van der Waals surface area contributed by atoms with E-state index >= 15 is 0 Å². The highest BCUT2D eigenvalue weighted by Gasteiger charge is 2.21. The first-order valence-electron chi connectivity index (χ1n) is 9.15. The largest absolute Gasteiger partial charge is 0.494 e. The van der Waals surface area contributed by atoms with Gasteiger partial charge in [-0.1, -0.05) is 19.3 Å². The van der Waals surface area contributed by atoms with E-state index in [0.717, 1.165) is 12.8 Å². The molecular weight excluding hydrogens is 363 g/mol. The second-order valence-electron chi connectivity index (χ2n) is 6.67. The summed E-state index contributed by atoms with van der Waals surface area (Å²) >= 11 is 0. The maximum absolute atomic E-state index is 14.0. The van der Waals surface area contributed by atoms with Crippen molar-refractivity contribution in [1.82, 2.24) is 15.0 Å². The summed E-state index contributed by atoms with van der Waals surface area (Å²) in [6.45, 7) is 0. The molecule has 1 aromatic heterocycles. The first-order valence-corrected chi connectivity index (χ1v) is 9.15. The predicted molar refractivity (Wildman–Crippen MR) is 107 cm³/mol. The lowest BCUT2D eigenvalue weighted by Gasteiger charge is -2.31. The Balaban J connectivity index is 1.91. The van der Waals surface area contributed by atoms with Crippen LogP contribution in [0.15, 0.2) is 23.2 Å². The molecule has 0 unspecified atom stereocenters. The molecule has 150 valence electrons. The fourth-order valence-electron chi connectivity index (χ4n) is 3.24. The molecule has 0 aliphatic heterocycles. The molecule has 9 nitrogen and oxygen atoms in total. The van der Waals surface area contributed by atoms with Crippen molar-refractivity contribution >= 4 is 29.5 Å². The minimum Gasteiger partial charge on any atom is -0.494 e. The van der Waals surface area contributed by atoms with Crippen molar-refractivity contribution in [2.24, 2.45) is 16.5 Å². The molecule has 0 bridgehead atoms. The van der Waals surface area contributed by atoms with E-state index in [1.807, 2.05) is 11.9 Å². The molecule has 1 fully saturated rings. The van der Waals surface area contributed by atoms with Gasteiger partial charge in [0.2, 0.25) is 11.9 Å². The molecule has 1 aliphatic rings. The third-order valence-electron chi connectivity index (χ3n) is 4.69. The quantitative estimate of drug-likeness (QED) is 0.508. The third kappa shape index (κ3) is 4.76. The Morgan fingerprint density at radius 1 is 1.21 bits per heavy atom. The summed E-state index contributed by atoms with van der Waals surface area (Å²) in [4.78, 5) is 19.0. The van der Waals surface area contributed by atoms with Gasteiger partial charge in [-0.3, -0.25) is 0 Å². The number of rotatable bonds is 6. The highest BCUT2D eigenvalue weighted by molar-refractivity contribution is 5.78. The molecule has 5 N–H and O–H groups in total. The lowest BCUT2D eigenvalue weighted by Crippen LogP contribution is -2.34. The summed E-state index contributed by atoms with van der Waals surface area (Å²) in [5.41, 5.74) is 11.4. The SMILES string of the molecule is COc1ccc(Nc2nc(N=C(N)N)nc(N(C)C3CCCCC3)n2)cc1F. The van der Waals surface area contributed by atoms with Gasteiger partial charge in [-0.25, -0.2) is 4.39 Å². The molecule has 0 saturated heterocycles. The zero-order valence-electron chi connectivity index (χ0n) is 16.0. The highest BCUT2D eigenvalue weighted by atomic mass is 19.1. The van der Waals surface area contributed by atoms with Gasteiger partial charge >= 0.3 is 0 Å². The van der Waals surface area contributed by atoms with Gasteiger partial charge in [0, 0.05) is 24.8 Å². The van der Waals surface area contributed by atoms with Crippen LogP contribution in [-0.4, -0.2) is 41.1 Å². The van der Waals surface area contributed by atoms with E-state index in [-0.39, 0.29) is 23.6 Å². The van der Waals surface area contributed by atoms with Gasteiger partial charge in [-0.05, 0) is 25.0 Å². The van der Waals surface area contributed by atoms with Gasteiger partial charge in [0.1, 0.15) is 0 Å². The Kier molecular flexibility index (Phi) is 6.07. The maximum Gasteiger partial charge on any atom is 0.259 e. The van der Waals surface area contributed by atoms with E-state index in [1.54, 1.807) is 6.07 Å². The van der Waals surface area contributed by atoms with E-state index in [4.69, 9.17) is 16.2 Å². The average molecular weight is 388 g/mol. The smallest absolute Gasteiger partial charge is 0.259 e. The van der Waals surface area contributed by atoms with Crippen molar-refractivity contribution in [2.75, 3.05) is 24.4 Å². The number of hydrogen-bond acceptors (Lipinski definition) is 7. The summed E-state index contributed by atoms with van der Waals surface area (Å²) in [5.74, 6) is 0.268. The van der Waals surface area contributed by atoms with Gasteiger partial charge in [0.25, 0.3) is 5.95 Å². The predicted octanol–water partition coefficient (Wildman–Crippen LogP) is 2.44. The molecule has 10 heteroatoms. The van der Waals surface area contributed by atoms with Gasteiger partial charge in [0.05, 0.1) is 7.11 Å². The molecule has 28 heavy (non-hydrogen) atoms. The van der Waals surface area contributed by atoms with Crippen molar-refractivity contribution in [1.29, 1.82) is 0 Å². The minimum atomic E-state index is -0.495. The fraction of sp³-hybridized carbons (Fsp3) is 0.444. The summed E-state index contributed by atoms with van der Waals surface area (Å²) in [5, 5.41) is 2.97. The number of hydrogen-bond donors (Lipinski definition) is 3. The molecule has 0 spiro atoms. The van der Waals surface area contributed by atoms with E-state index in [1.165, 1.54) is 38.5 Å². The lowest BCUT2D eigenvalue weighted by molar-refractivity contribution is 0.386. The molecule has 0 amide bonds. The first kappa shape index (κ1) is 19.6. The van der Waals surface area contributed by atoms with Crippen LogP contribution in [-0.2, 0) is 0 Å². The van der Waals surface area contributed by atoms with Crippen molar-refractivity contribution in [3.8, 4) is 5.75 Å². The Bertz CT molecular complexity index is 849. The zero-order chi connectivity index (χ0) is 20.1. The van der Waals surface area contributed by atoms with E-state index in [2.05, 4.69) is 25.3 Å². The number of aromatic nitrogens is 3. The van der Waals surface area contributed by atoms with Crippen LogP contribution in [0.4, 0.5) is 27.9 Å². The number of nitrogens with zero attached hydrogens (tertiary/aromatic N) is 5. The molecule has 1 aliphatic carbocycles. The Hall–Kier alpha value is -3.17. The molecule has 1 saturated carbocycles. The van der Waals surface area contributed by atoms with Crippen LogP contribution in [0.25, 0.3) is 0 Å². The van der Waals surface area contributed by atoms with E-state index in [9.17, 15) is 4.39 Å². The second kappa shape index (κ2) is 8.68. The summed E-state index contributed by atoms with van der Waals surface area (Å²) in [6, 6.07) is 4.82. The Morgan fingerprint density at radius 2 is 1.96 bits per heavy atom. The standard InChI is InChI=1S/C18H25FN8O/c1-27(12-6-4-3-5-7-12)18-25-16(24-17(26-18)23-15(20)21)22-11-8-9-14(28-2)13(19)10-11/h8-10,12H,3-7H2,1-2H3,(H5,20,21,22,23,24,25,26). The van der Waals surface area contributed by atoms with Crippen molar-refractivity contribution in [2.45, 2.75) is 38.1 Å². The van der Waals surface area contributed by atoms with Gasteiger partial charge in [0.15, 0.2) is 17.5 Å².